The maximum Gasteiger partial charge on any atom is 0.326 e. The number of carbonyl (C=O) groups is 1. The fraction of sp³-hybridized carbons (Fsp3) is 0.417. The van der Waals surface area contributed by atoms with Gasteiger partial charge < -0.3 is 10.5 Å². The molecule has 0 aromatic heterocycles. The van der Waals surface area contributed by atoms with Gasteiger partial charge in [0.1, 0.15) is 5.54 Å². The van der Waals surface area contributed by atoms with E-state index in [-0.39, 0.29) is 11.9 Å². The van der Waals surface area contributed by atoms with Crippen molar-refractivity contribution in [1.82, 2.24) is 0 Å². The van der Waals surface area contributed by atoms with Crippen LogP contribution in [0.1, 0.15) is 24.3 Å². The molecule has 0 unspecified atom stereocenters. The van der Waals surface area contributed by atoms with Crippen molar-refractivity contribution < 1.29 is 9.53 Å². The van der Waals surface area contributed by atoms with Crippen molar-refractivity contribution >= 4 is 5.97 Å². The van der Waals surface area contributed by atoms with E-state index in [1.54, 1.807) is 0 Å². The minimum absolute atomic E-state index is 0.103. The third-order valence-corrected chi connectivity index (χ3v) is 3.24. The van der Waals surface area contributed by atoms with E-state index in [0.717, 1.165) is 12.0 Å². The van der Waals surface area contributed by atoms with Gasteiger partial charge in [0.15, 0.2) is 0 Å². The Kier molecular flexibility index (Phi) is 2.49. The first-order valence-electron chi connectivity index (χ1n) is 5.11. The number of hydrogen-bond donors (Lipinski definition) is 1. The van der Waals surface area contributed by atoms with Gasteiger partial charge in [-0.1, -0.05) is 30.3 Å². The van der Waals surface area contributed by atoms with Gasteiger partial charge in [0.05, 0.1) is 7.11 Å². The predicted octanol–water partition coefficient (Wildman–Crippen LogP) is 1.43. The molecule has 0 bridgehead atoms. The summed E-state index contributed by atoms with van der Waals surface area (Å²) in [5.41, 5.74) is 6.37. The highest BCUT2D eigenvalue weighted by Crippen LogP contribution is 2.44. The van der Waals surface area contributed by atoms with Crippen LogP contribution in [0.2, 0.25) is 0 Å². The topological polar surface area (TPSA) is 52.3 Å². The predicted molar refractivity (Wildman–Crippen MR) is 57.4 cm³/mol. The first kappa shape index (κ1) is 10.2. The maximum atomic E-state index is 11.6. The van der Waals surface area contributed by atoms with E-state index in [9.17, 15) is 4.79 Å². The number of hydrogen-bond acceptors (Lipinski definition) is 3. The molecule has 0 amide bonds. The van der Waals surface area contributed by atoms with Gasteiger partial charge in [0.2, 0.25) is 0 Å². The zero-order valence-electron chi connectivity index (χ0n) is 8.77. The average Bonchev–Trinajstić information content (AvgIpc) is 2.27. The minimum atomic E-state index is -0.809. The Labute approximate surface area is 89.2 Å². The Morgan fingerprint density at radius 2 is 2.13 bits per heavy atom. The molecule has 2 atom stereocenters. The number of esters is 1. The lowest BCUT2D eigenvalue weighted by atomic mass is 9.64. The van der Waals surface area contributed by atoms with Crippen LogP contribution in [0.3, 0.4) is 0 Å². The molecule has 1 aliphatic rings. The number of rotatable bonds is 2. The molecule has 0 spiro atoms. The SMILES string of the molecule is COC(=O)[C@]1(N)CC[C@H]1c1ccccc1. The van der Waals surface area contributed by atoms with E-state index >= 15 is 0 Å². The van der Waals surface area contributed by atoms with Crippen LogP contribution in [0.5, 0.6) is 0 Å². The molecule has 1 fully saturated rings. The van der Waals surface area contributed by atoms with Crippen LogP contribution in [0.4, 0.5) is 0 Å². The molecule has 1 aromatic rings. The van der Waals surface area contributed by atoms with Crippen molar-refractivity contribution in [2.24, 2.45) is 5.73 Å². The van der Waals surface area contributed by atoms with Gasteiger partial charge in [-0.3, -0.25) is 4.79 Å². The molecule has 80 valence electrons. The van der Waals surface area contributed by atoms with Crippen LogP contribution in [-0.2, 0) is 9.53 Å². The third-order valence-electron chi connectivity index (χ3n) is 3.24. The molecule has 3 heteroatoms. The quantitative estimate of drug-likeness (QED) is 0.743. The lowest BCUT2D eigenvalue weighted by molar-refractivity contribution is -0.151. The number of methoxy groups -OCH3 is 1. The second-order valence-corrected chi connectivity index (χ2v) is 4.03. The van der Waals surface area contributed by atoms with E-state index in [1.807, 2.05) is 30.3 Å². The van der Waals surface area contributed by atoms with Gasteiger partial charge in [-0.2, -0.15) is 0 Å². The van der Waals surface area contributed by atoms with Crippen LogP contribution in [0.15, 0.2) is 30.3 Å². The van der Waals surface area contributed by atoms with E-state index < -0.39 is 5.54 Å². The Balaban J connectivity index is 2.23. The van der Waals surface area contributed by atoms with Crippen LogP contribution in [-0.4, -0.2) is 18.6 Å². The smallest absolute Gasteiger partial charge is 0.326 e. The standard InChI is InChI=1S/C12H15NO2/c1-15-11(14)12(13)8-7-10(12)9-5-3-2-4-6-9/h2-6,10H,7-8,13H2,1H3/t10-,12-/m0/s1. The summed E-state index contributed by atoms with van der Waals surface area (Å²) in [6.45, 7) is 0. The van der Waals surface area contributed by atoms with Crippen molar-refractivity contribution in [2.75, 3.05) is 7.11 Å². The average molecular weight is 205 g/mol. The molecule has 0 radical (unpaired) electrons. The monoisotopic (exact) mass is 205 g/mol. The number of benzene rings is 1. The second-order valence-electron chi connectivity index (χ2n) is 4.03. The molecule has 1 saturated carbocycles. The minimum Gasteiger partial charge on any atom is -0.468 e. The van der Waals surface area contributed by atoms with Crippen molar-refractivity contribution in [2.45, 2.75) is 24.3 Å². The fourth-order valence-electron chi connectivity index (χ4n) is 2.18. The molecular formula is C12H15NO2. The summed E-state index contributed by atoms with van der Waals surface area (Å²) in [6, 6.07) is 9.90. The van der Waals surface area contributed by atoms with Gasteiger partial charge in [-0.25, -0.2) is 0 Å². The van der Waals surface area contributed by atoms with Crippen molar-refractivity contribution in [1.29, 1.82) is 0 Å². The summed E-state index contributed by atoms with van der Waals surface area (Å²) >= 11 is 0. The Morgan fingerprint density at radius 3 is 2.60 bits per heavy atom. The fourth-order valence-corrected chi connectivity index (χ4v) is 2.18. The molecule has 0 heterocycles. The molecular weight excluding hydrogens is 190 g/mol. The summed E-state index contributed by atoms with van der Waals surface area (Å²) in [6.07, 6.45) is 1.66. The zero-order valence-corrected chi connectivity index (χ0v) is 8.77. The summed E-state index contributed by atoms with van der Waals surface area (Å²) in [5, 5.41) is 0. The van der Waals surface area contributed by atoms with Gasteiger partial charge in [-0.15, -0.1) is 0 Å². The van der Waals surface area contributed by atoms with Gasteiger partial charge in [0.25, 0.3) is 0 Å². The van der Waals surface area contributed by atoms with Crippen LogP contribution in [0, 0.1) is 0 Å². The summed E-state index contributed by atoms with van der Waals surface area (Å²) < 4.78 is 4.74. The molecule has 0 saturated heterocycles. The van der Waals surface area contributed by atoms with Crippen LogP contribution < -0.4 is 5.73 Å². The van der Waals surface area contributed by atoms with Crippen molar-refractivity contribution in [3.63, 3.8) is 0 Å². The van der Waals surface area contributed by atoms with Gasteiger partial charge in [-0.05, 0) is 18.4 Å². The number of nitrogens with two attached hydrogens (primary N) is 1. The highest BCUT2D eigenvalue weighted by Gasteiger charge is 2.51. The summed E-state index contributed by atoms with van der Waals surface area (Å²) in [4.78, 5) is 11.6. The first-order valence-corrected chi connectivity index (χ1v) is 5.11. The molecule has 3 nitrogen and oxygen atoms in total. The lowest BCUT2D eigenvalue weighted by Crippen LogP contribution is -2.59. The molecule has 15 heavy (non-hydrogen) atoms. The van der Waals surface area contributed by atoms with Gasteiger partial charge in [0, 0.05) is 5.92 Å². The summed E-state index contributed by atoms with van der Waals surface area (Å²) in [7, 11) is 1.39. The molecule has 2 N–H and O–H groups in total. The first-order chi connectivity index (χ1) is 7.18. The molecule has 1 aromatic carbocycles. The van der Waals surface area contributed by atoms with E-state index in [1.165, 1.54) is 7.11 Å². The molecule has 0 aliphatic heterocycles. The number of carbonyl (C=O) groups excluding carboxylic acids is 1. The Bertz CT molecular complexity index is 363. The van der Waals surface area contributed by atoms with Gasteiger partial charge >= 0.3 is 5.97 Å². The highest BCUT2D eigenvalue weighted by atomic mass is 16.5. The van der Waals surface area contributed by atoms with Crippen molar-refractivity contribution in [3.05, 3.63) is 35.9 Å². The lowest BCUT2D eigenvalue weighted by Gasteiger charge is -2.44. The second kappa shape index (κ2) is 3.66. The summed E-state index contributed by atoms with van der Waals surface area (Å²) in [5.74, 6) is -0.200. The normalized spacial score (nSPS) is 29.3. The maximum absolute atomic E-state index is 11.6. The number of ether oxygens (including phenoxy) is 1. The largest absolute Gasteiger partial charge is 0.468 e. The molecule has 1 aliphatic carbocycles. The highest BCUT2D eigenvalue weighted by molar-refractivity contribution is 5.83. The van der Waals surface area contributed by atoms with E-state index in [0.29, 0.717) is 6.42 Å². The molecule has 2 rings (SSSR count). The third kappa shape index (κ3) is 1.53. The van der Waals surface area contributed by atoms with E-state index in [4.69, 9.17) is 10.5 Å². The Morgan fingerprint density at radius 1 is 1.47 bits per heavy atom. The van der Waals surface area contributed by atoms with E-state index in [2.05, 4.69) is 0 Å². The Hall–Kier alpha value is -1.35. The zero-order chi connectivity index (χ0) is 10.9. The van der Waals surface area contributed by atoms with Crippen molar-refractivity contribution in [3.8, 4) is 0 Å². The van der Waals surface area contributed by atoms with Crippen LogP contribution >= 0.6 is 0 Å². The van der Waals surface area contributed by atoms with Crippen LogP contribution in [0.25, 0.3) is 0 Å².